The summed E-state index contributed by atoms with van der Waals surface area (Å²) in [5.74, 6) is -2.01. The van der Waals surface area contributed by atoms with Gasteiger partial charge in [-0.15, -0.1) is 0 Å². The highest BCUT2D eigenvalue weighted by atomic mass is 16.3. The Hall–Kier alpha value is -4.23. The number of rotatable bonds is 3. The monoisotopic (exact) mass is 451 g/mol. The van der Waals surface area contributed by atoms with Crippen LogP contribution in [0.25, 0.3) is 5.69 Å². The van der Waals surface area contributed by atoms with E-state index in [2.05, 4.69) is 10.3 Å². The first-order valence-electron chi connectivity index (χ1n) is 11.0. The number of nitrogens with zero attached hydrogens (tertiary/aromatic N) is 2. The number of nitrogens with one attached hydrogen (secondary N) is 1. The SMILES string of the molecule is Cc1cccc(-n2c(O)c3c(c2O)C(C2C(=O)c4ccccc4C2=O)NC3c2ccccn2)c1. The lowest BCUT2D eigenvalue weighted by atomic mass is 9.90. The minimum Gasteiger partial charge on any atom is -0.494 e. The smallest absolute Gasteiger partial charge is 0.204 e. The highest BCUT2D eigenvalue weighted by molar-refractivity contribution is 6.27. The van der Waals surface area contributed by atoms with Gasteiger partial charge in [-0.3, -0.25) is 24.5 Å². The molecule has 6 rings (SSSR count). The molecule has 1 aliphatic heterocycles. The fourth-order valence-electron chi connectivity index (χ4n) is 5.24. The molecular formula is C27H21N3O4. The lowest BCUT2D eigenvalue weighted by Crippen LogP contribution is -2.32. The number of Topliss-reactive ketones (excluding diaryl/α,β-unsaturated/α-hetero) is 2. The highest BCUT2D eigenvalue weighted by Crippen LogP contribution is 2.53. The van der Waals surface area contributed by atoms with Crippen molar-refractivity contribution in [2.45, 2.75) is 19.0 Å². The van der Waals surface area contributed by atoms with Crippen molar-refractivity contribution in [3.63, 3.8) is 0 Å². The maximum Gasteiger partial charge on any atom is 0.204 e. The first kappa shape index (κ1) is 20.4. The lowest BCUT2D eigenvalue weighted by Gasteiger charge is -2.21. The second-order valence-electron chi connectivity index (χ2n) is 8.73. The first-order valence-corrected chi connectivity index (χ1v) is 11.0. The fraction of sp³-hybridized carbons (Fsp3) is 0.148. The molecule has 0 saturated carbocycles. The van der Waals surface area contributed by atoms with Gasteiger partial charge in [0.15, 0.2) is 11.6 Å². The zero-order chi connectivity index (χ0) is 23.6. The molecule has 3 N–H and O–H groups in total. The maximum atomic E-state index is 13.3. The highest BCUT2D eigenvalue weighted by Gasteiger charge is 2.51. The first-order chi connectivity index (χ1) is 16.5. The van der Waals surface area contributed by atoms with Gasteiger partial charge in [-0.25, -0.2) is 0 Å². The summed E-state index contributed by atoms with van der Waals surface area (Å²) in [7, 11) is 0. The normalized spacial score (nSPS) is 19.4. The summed E-state index contributed by atoms with van der Waals surface area (Å²) in [6, 6.07) is 18.1. The molecule has 2 atom stereocenters. The van der Waals surface area contributed by atoms with Gasteiger partial charge in [0, 0.05) is 28.5 Å². The molecule has 2 aromatic carbocycles. The van der Waals surface area contributed by atoms with Crippen molar-refractivity contribution in [3.8, 4) is 17.4 Å². The Balaban J connectivity index is 1.56. The largest absolute Gasteiger partial charge is 0.494 e. The van der Waals surface area contributed by atoms with E-state index in [9.17, 15) is 19.8 Å². The number of aromatic nitrogens is 2. The number of pyridine rings is 1. The third kappa shape index (κ3) is 2.77. The van der Waals surface area contributed by atoms with Gasteiger partial charge < -0.3 is 10.2 Å². The minimum atomic E-state index is -1.05. The Kier molecular flexibility index (Phi) is 4.43. The number of carbonyl (C=O) groups excluding carboxylic acids is 2. The van der Waals surface area contributed by atoms with Gasteiger partial charge >= 0.3 is 0 Å². The minimum absolute atomic E-state index is 0.154. The summed E-state index contributed by atoms with van der Waals surface area (Å²) in [6.07, 6.45) is 1.64. The van der Waals surface area contributed by atoms with E-state index in [1.54, 1.807) is 48.7 Å². The number of benzene rings is 2. The number of hydrogen-bond acceptors (Lipinski definition) is 6. The molecule has 0 fully saturated rings. The Labute approximate surface area is 195 Å². The molecular weight excluding hydrogens is 430 g/mol. The summed E-state index contributed by atoms with van der Waals surface area (Å²) in [5.41, 5.74) is 3.66. The zero-order valence-electron chi connectivity index (χ0n) is 18.3. The summed E-state index contributed by atoms with van der Waals surface area (Å²) < 4.78 is 1.36. The Morgan fingerprint density at radius 3 is 2.18 bits per heavy atom. The van der Waals surface area contributed by atoms with Crippen LogP contribution in [0.5, 0.6) is 11.8 Å². The average molecular weight is 451 g/mol. The van der Waals surface area contributed by atoms with E-state index in [0.717, 1.165) is 5.56 Å². The summed E-state index contributed by atoms with van der Waals surface area (Å²) in [4.78, 5) is 31.1. The van der Waals surface area contributed by atoms with Crippen molar-refractivity contribution in [1.82, 2.24) is 14.9 Å². The lowest BCUT2D eigenvalue weighted by molar-refractivity contribution is 0.0803. The molecule has 7 heteroatoms. The predicted octanol–water partition coefficient (Wildman–Crippen LogP) is 4.02. The Bertz CT molecular complexity index is 1440. The van der Waals surface area contributed by atoms with Crippen LogP contribution in [0.2, 0.25) is 0 Å². The van der Waals surface area contributed by atoms with Crippen LogP contribution in [0.1, 0.15) is 55.2 Å². The van der Waals surface area contributed by atoms with Crippen LogP contribution in [0.15, 0.2) is 72.9 Å². The molecule has 0 radical (unpaired) electrons. The van der Waals surface area contributed by atoms with Gasteiger partial charge in [0.1, 0.15) is 5.92 Å². The summed E-state index contributed by atoms with van der Waals surface area (Å²) in [6.45, 7) is 1.92. The molecule has 4 aromatic rings. The van der Waals surface area contributed by atoms with Gasteiger partial charge in [-0.05, 0) is 36.8 Å². The number of ketones is 2. The molecule has 34 heavy (non-hydrogen) atoms. The molecule has 0 amide bonds. The third-order valence-electron chi connectivity index (χ3n) is 6.74. The van der Waals surface area contributed by atoms with E-state index in [4.69, 9.17) is 0 Å². The summed E-state index contributed by atoms with van der Waals surface area (Å²) in [5, 5.41) is 26.0. The van der Waals surface area contributed by atoms with Gasteiger partial charge in [-0.1, -0.05) is 42.5 Å². The van der Waals surface area contributed by atoms with E-state index in [1.165, 1.54) is 4.57 Å². The molecule has 1 aliphatic carbocycles. The number of aryl methyl sites for hydroxylation is 1. The van der Waals surface area contributed by atoms with Crippen LogP contribution >= 0.6 is 0 Å². The van der Waals surface area contributed by atoms with Crippen molar-refractivity contribution < 1.29 is 19.8 Å². The molecule has 2 aromatic heterocycles. The predicted molar refractivity (Wildman–Crippen MR) is 124 cm³/mol. The van der Waals surface area contributed by atoms with Crippen molar-refractivity contribution in [3.05, 3.63) is 106 Å². The van der Waals surface area contributed by atoms with Crippen molar-refractivity contribution in [2.24, 2.45) is 5.92 Å². The third-order valence-corrected chi connectivity index (χ3v) is 6.74. The number of carbonyl (C=O) groups is 2. The molecule has 0 saturated heterocycles. The second-order valence-corrected chi connectivity index (χ2v) is 8.73. The van der Waals surface area contributed by atoms with Crippen LogP contribution in [-0.4, -0.2) is 31.3 Å². The van der Waals surface area contributed by atoms with Gasteiger partial charge in [-0.2, -0.15) is 0 Å². The van der Waals surface area contributed by atoms with E-state index < -0.39 is 18.0 Å². The zero-order valence-corrected chi connectivity index (χ0v) is 18.3. The van der Waals surface area contributed by atoms with E-state index in [1.807, 2.05) is 31.2 Å². The topological polar surface area (TPSA) is 104 Å². The quantitative estimate of drug-likeness (QED) is 0.407. The van der Waals surface area contributed by atoms with Crippen LogP contribution in [0.3, 0.4) is 0 Å². The molecule has 168 valence electrons. The summed E-state index contributed by atoms with van der Waals surface area (Å²) >= 11 is 0. The van der Waals surface area contributed by atoms with Gasteiger partial charge in [0.2, 0.25) is 11.8 Å². The van der Waals surface area contributed by atoms with Gasteiger partial charge in [0.05, 0.1) is 23.5 Å². The van der Waals surface area contributed by atoms with Crippen LogP contribution in [-0.2, 0) is 0 Å². The average Bonchev–Trinajstić information content (AvgIpc) is 3.44. The van der Waals surface area contributed by atoms with E-state index in [0.29, 0.717) is 33.6 Å². The fourth-order valence-corrected chi connectivity index (χ4v) is 5.24. The Morgan fingerprint density at radius 2 is 1.53 bits per heavy atom. The Morgan fingerprint density at radius 1 is 0.853 bits per heavy atom. The van der Waals surface area contributed by atoms with E-state index in [-0.39, 0.29) is 23.3 Å². The number of aromatic hydroxyl groups is 2. The van der Waals surface area contributed by atoms with Crippen molar-refractivity contribution >= 4 is 11.6 Å². The number of fused-ring (bicyclic) bond motifs is 2. The van der Waals surface area contributed by atoms with E-state index >= 15 is 0 Å². The van der Waals surface area contributed by atoms with Crippen molar-refractivity contribution in [1.29, 1.82) is 0 Å². The molecule has 7 nitrogen and oxygen atoms in total. The van der Waals surface area contributed by atoms with Crippen LogP contribution in [0, 0.1) is 12.8 Å². The van der Waals surface area contributed by atoms with Crippen molar-refractivity contribution in [2.75, 3.05) is 0 Å². The standard InChI is InChI=1S/C27H21N3O4/c1-14-7-6-8-15(13-14)30-26(33)19-20(27(30)34)23(29-22(19)18-11-4-5-12-28-18)21-24(31)16-9-2-3-10-17(16)25(21)32/h2-13,21-23,29,33-34H,1H3. The second kappa shape index (κ2) is 7.40. The van der Waals surface area contributed by atoms with Crippen LogP contribution < -0.4 is 5.32 Å². The molecule has 0 spiro atoms. The molecule has 3 heterocycles. The number of hydrogen-bond donors (Lipinski definition) is 3. The molecule has 0 bridgehead atoms. The maximum absolute atomic E-state index is 13.3. The molecule has 2 unspecified atom stereocenters. The van der Waals surface area contributed by atoms with Gasteiger partial charge in [0.25, 0.3) is 0 Å². The van der Waals surface area contributed by atoms with Crippen LogP contribution in [0.4, 0.5) is 0 Å². The molecule has 2 aliphatic rings.